The fourth-order valence-corrected chi connectivity index (χ4v) is 1.74. The molecule has 0 rings (SSSR count). The lowest BCUT2D eigenvalue weighted by Crippen LogP contribution is -2.41. The average Bonchev–Trinajstić information content (AvgIpc) is 2.03. The van der Waals surface area contributed by atoms with Crippen molar-refractivity contribution in [2.75, 3.05) is 0 Å². The van der Waals surface area contributed by atoms with Gasteiger partial charge < -0.3 is 10.2 Å². The Labute approximate surface area is 80.9 Å². The van der Waals surface area contributed by atoms with Crippen LogP contribution in [0.4, 0.5) is 0 Å². The van der Waals surface area contributed by atoms with Gasteiger partial charge in [-0.05, 0) is 12.8 Å². The minimum absolute atomic E-state index is 0.605. The van der Waals surface area contributed by atoms with Crippen LogP contribution >= 0.6 is 15.9 Å². The van der Waals surface area contributed by atoms with Crippen molar-refractivity contribution in [2.24, 2.45) is 0 Å². The Morgan fingerprint density at radius 3 is 2.33 bits per heavy atom. The van der Waals surface area contributed by atoms with Gasteiger partial charge in [0.2, 0.25) is 0 Å². The molecule has 0 saturated heterocycles. The molecule has 0 amide bonds. The van der Waals surface area contributed by atoms with Crippen molar-refractivity contribution in [3.05, 3.63) is 0 Å². The van der Waals surface area contributed by atoms with Crippen molar-refractivity contribution in [1.82, 2.24) is 0 Å². The molecule has 0 aliphatic heterocycles. The van der Waals surface area contributed by atoms with E-state index in [1.807, 2.05) is 13.8 Å². The van der Waals surface area contributed by atoms with E-state index in [-0.39, 0.29) is 0 Å². The molecule has 0 heterocycles. The Morgan fingerprint density at radius 1 is 1.58 bits per heavy atom. The summed E-state index contributed by atoms with van der Waals surface area (Å²) in [5, 5.41) is 17.9. The minimum Gasteiger partial charge on any atom is -0.479 e. The predicted octanol–water partition coefficient (Wildman–Crippen LogP) is 1.78. The fraction of sp³-hybridized carbons (Fsp3) is 0.875. The molecule has 0 fully saturated rings. The second-order valence-corrected chi connectivity index (χ2v) is 4.46. The van der Waals surface area contributed by atoms with Crippen LogP contribution in [-0.2, 0) is 4.79 Å². The Kier molecular flexibility index (Phi) is 4.78. The molecule has 0 aromatic heterocycles. The molecule has 0 spiro atoms. The molecule has 2 atom stereocenters. The van der Waals surface area contributed by atoms with E-state index in [1.165, 1.54) is 0 Å². The van der Waals surface area contributed by atoms with Crippen LogP contribution in [0.15, 0.2) is 0 Å². The van der Waals surface area contributed by atoms with Gasteiger partial charge in [-0.2, -0.15) is 0 Å². The Morgan fingerprint density at radius 2 is 2.08 bits per heavy atom. The molecule has 3 nitrogen and oxygen atoms in total. The number of carbonyl (C=O) groups is 1. The Hall–Kier alpha value is -0.0900. The summed E-state index contributed by atoms with van der Waals surface area (Å²) < 4.78 is -0.659. The van der Waals surface area contributed by atoms with Crippen molar-refractivity contribution in [1.29, 1.82) is 0 Å². The highest BCUT2D eigenvalue weighted by atomic mass is 79.9. The van der Waals surface area contributed by atoms with Crippen LogP contribution in [0.25, 0.3) is 0 Å². The normalized spacial score (nSPS) is 18.3. The second-order valence-electron chi connectivity index (χ2n) is 2.88. The van der Waals surface area contributed by atoms with E-state index in [9.17, 15) is 9.90 Å². The zero-order chi connectivity index (χ0) is 9.78. The molecule has 2 N–H and O–H groups in total. The van der Waals surface area contributed by atoms with Gasteiger partial charge in [0.15, 0.2) is 6.10 Å². The van der Waals surface area contributed by atoms with Crippen molar-refractivity contribution in [3.8, 4) is 0 Å². The molecular weight excluding hydrogens is 224 g/mol. The molecule has 0 aliphatic rings. The van der Waals surface area contributed by atoms with Gasteiger partial charge >= 0.3 is 5.97 Å². The number of rotatable bonds is 5. The number of halogens is 1. The number of aliphatic carboxylic acids is 1. The van der Waals surface area contributed by atoms with Crippen molar-refractivity contribution in [3.63, 3.8) is 0 Å². The van der Waals surface area contributed by atoms with E-state index < -0.39 is 16.4 Å². The first kappa shape index (κ1) is 11.9. The van der Waals surface area contributed by atoms with E-state index in [1.54, 1.807) is 0 Å². The summed E-state index contributed by atoms with van der Waals surface area (Å²) in [6.07, 6.45) is 0.803. The number of carboxylic acid groups (broad SMARTS) is 1. The van der Waals surface area contributed by atoms with Crippen LogP contribution in [-0.4, -0.2) is 26.6 Å². The van der Waals surface area contributed by atoms with Crippen LogP contribution in [0.5, 0.6) is 0 Å². The molecule has 0 radical (unpaired) electrons. The summed E-state index contributed by atoms with van der Waals surface area (Å²) in [7, 11) is 0. The standard InChI is InChI=1S/C8H15BrO3/c1-3-5-8(9,4-2)6(10)7(11)12/h6,10H,3-5H2,1-2H3,(H,11,12)/t6-,8-/m0/s1. The lowest BCUT2D eigenvalue weighted by Gasteiger charge is -2.28. The third-order valence-corrected chi connectivity index (χ3v) is 3.37. The summed E-state index contributed by atoms with van der Waals surface area (Å²) in [5.41, 5.74) is 0. The van der Waals surface area contributed by atoms with Gasteiger partial charge in [-0.3, -0.25) is 0 Å². The van der Waals surface area contributed by atoms with E-state index >= 15 is 0 Å². The maximum atomic E-state index is 10.5. The fourth-order valence-electron chi connectivity index (χ4n) is 1.14. The van der Waals surface area contributed by atoms with Crippen molar-refractivity contribution < 1.29 is 15.0 Å². The molecule has 0 aromatic carbocycles. The predicted molar refractivity (Wildman–Crippen MR) is 50.5 cm³/mol. The van der Waals surface area contributed by atoms with Crippen LogP contribution in [0.3, 0.4) is 0 Å². The van der Waals surface area contributed by atoms with Crippen LogP contribution in [0.2, 0.25) is 0 Å². The Bertz CT molecular complexity index is 160. The largest absolute Gasteiger partial charge is 0.479 e. The van der Waals surface area contributed by atoms with Crippen molar-refractivity contribution in [2.45, 2.75) is 43.5 Å². The SMILES string of the molecule is CCC[C@@](Br)(CC)[C@@H](O)C(=O)O. The summed E-state index contributed by atoms with van der Waals surface area (Å²) in [6.45, 7) is 3.82. The Balaban J connectivity index is 4.38. The van der Waals surface area contributed by atoms with Crippen molar-refractivity contribution >= 4 is 21.9 Å². The number of aliphatic hydroxyl groups is 1. The molecule has 0 unspecified atom stereocenters. The second kappa shape index (κ2) is 4.82. The summed E-state index contributed by atoms with van der Waals surface area (Å²) in [6, 6.07) is 0. The van der Waals surface area contributed by atoms with Gasteiger partial charge in [0.05, 0.1) is 4.32 Å². The van der Waals surface area contributed by atoms with Gasteiger partial charge in [0, 0.05) is 0 Å². The van der Waals surface area contributed by atoms with E-state index in [2.05, 4.69) is 15.9 Å². The number of carboxylic acids is 1. The molecule has 0 aliphatic carbocycles. The van der Waals surface area contributed by atoms with E-state index in [0.717, 1.165) is 6.42 Å². The first-order valence-electron chi connectivity index (χ1n) is 4.07. The summed E-state index contributed by atoms with van der Waals surface area (Å²) in [5.74, 6) is -1.16. The van der Waals surface area contributed by atoms with Crippen LogP contribution in [0, 0.1) is 0 Å². The molecule has 72 valence electrons. The number of hydrogen-bond acceptors (Lipinski definition) is 2. The highest BCUT2D eigenvalue weighted by Crippen LogP contribution is 2.32. The molecule has 12 heavy (non-hydrogen) atoms. The molecule has 0 bridgehead atoms. The maximum absolute atomic E-state index is 10.5. The van der Waals surface area contributed by atoms with Crippen LogP contribution in [0.1, 0.15) is 33.1 Å². The maximum Gasteiger partial charge on any atom is 0.333 e. The van der Waals surface area contributed by atoms with Gasteiger partial charge in [-0.1, -0.05) is 36.2 Å². The number of hydrogen-bond donors (Lipinski definition) is 2. The molecular formula is C8H15BrO3. The first-order valence-corrected chi connectivity index (χ1v) is 4.87. The third kappa shape index (κ3) is 2.75. The van der Waals surface area contributed by atoms with Gasteiger partial charge in [0.1, 0.15) is 0 Å². The molecule has 0 aromatic rings. The van der Waals surface area contributed by atoms with E-state index in [4.69, 9.17) is 5.11 Å². The lowest BCUT2D eigenvalue weighted by atomic mass is 9.94. The minimum atomic E-state index is -1.32. The number of aliphatic hydroxyl groups excluding tert-OH is 1. The summed E-state index contributed by atoms with van der Waals surface area (Å²) >= 11 is 3.28. The highest BCUT2D eigenvalue weighted by molar-refractivity contribution is 9.10. The lowest BCUT2D eigenvalue weighted by molar-refractivity contribution is -0.148. The summed E-state index contributed by atoms with van der Waals surface area (Å²) in [4.78, 5) is 10.5. The van der Waals surface area contributed by atoms with Crippen LogP contribution < -0.4 is 0 Å². The molecule has 4 heteroatoms. The van der Waals surface area contributed by atoms with E-state index in [0.29, 0.717) is 12.8 Å². The zero-order valence-corrected chi connectivity index (χ0v) is 8.97. The smallest absolute Gasteiger partial charge is 0.333 e. The van der Waals surface area contributed by atoms with Gasteiger partial charge in [0.25, 0.3) is 0 Å². The van der Waals surface area contributed by atoms with Gasteiger partial charge in [-0.15, -0.1) is 0 Å². The topological polar surface area (TPSA) is 57.5 Å². The highest BCUT2D eigenvalue weighted by Gasteiger charge is 2.37. The third-order valence-electron chi connectivity index (χ3n) is 1.98. The zero-order valence-electron chi connectivity index (χ0n) is 7.38. The first-order chi connectivity index (χ1) is 5.48. The number of alkyl halides is 1. The molecule has 0 saturated carbocycles. The van der Waals surface area contributed by atoms with Gasteiger partial charge in [-0.25, -0.2) is 4.79 Å². The quantitative estimate of drug-likeness (QED) is 0.719. The monoisotopic (exact) mass is 238 g/mol. The average molecular weight is 239 g/mol.